The second-order valence-electron chi connectivity index (χ2n) is 5.90. The summed E-state index contributed by atoms with van der Waals surface area (Å²) in [7, 11) is 0. The zero-order valence-electron chi connectivity index (χ0n) is 16.0. The number of esters is 1. The van der Waals surface area contributed by atoms with E-state index >= 15 is 0 Å². The van der Waals surface area contributed by atoms with Gasteiger partial charge in [0.05, 0.1) is 24.9 Å². The van der Waals surface area contributed by atoms with Crippen LogP contribution in [-0.2, 0) is 16.0 Å². The van der Waals surface area contributed by atoms with Gasteiger partial charge >= 0.3 is 5.97 Å². The molecule has 6 nitrogen and oxygen atoms in total. The molecule has 1 aromatic heterocycles. The van der Waals surface area contributed by atoms with Crippen LogP contribution in [0.5, 0.6) is 0 Å². The summed E-state index contributed by atoms with van der Waals surface area (Å²) in [5, 5.41) is 6.69. The quantitative estimate of drug-likeness (QED) is 0.243. The molecule has 0 saturated heterocycles. The molecule has 0 unspecified atom stereocenters. The summed E-state index contributed by atoms with van der Waals surface area (Å²) >= 11 is 13.2. The Kier molecular flexibility index (Phi) is 9.54. The van der Waals surface area contributed by atoms with Crippen molar-refractivity contribution >= 4 is 57.5 Å². The van der Waals surface area contributed by atoms with E-state index in [1.165, 1.54) is 11.3 Å². The van der Waals surface area contributed by atoms with Crippen molar-refractivity contribution in [3.05, 3.63) is 40.4 Å². The van der Waals surface area contributed by atoms with Gasteiger partial charge < -0.3 is 9.64 Å². The van der Waals surface area contributed by atoms with Crippen molar-refractivity contribution in [2.45, 2.75) is 20.3 Å². The fourth-order valence-electron chi connectivity index (χ4n) is 2.53. The van der Waals surface area contributed by atoms with E-state index in [0.717, 1.165) is 29.9 Å². The van der Waals surface area contributed by atoms with Gasteiger partial charge in [-0.3, -0.25) is 10.2 Å². The summed E-state index contributed by atoms with van der Waals surface area (Å²) in [6.07, 6.45) is 1.91. The van der Waals surface area contributed by atoms with Gasteiger partial charge in [-0.2, -0.15) is 5.10 Å². The summed E-state index contributed by atoms with van der Waals surface area (Å²) in [5.74, 6) is 0.820. The number of hydrogen-bond acceptors (Lipinski definition) is 7. The van der Waals surface area contributed by atoms with Gasteiger partial charge in [0.25, 0.3) is 0 Å². The van der Waals surface area contributed by atoms with E-state index in [1.54, 1.807) is 13.1 Å². The van der Waals surface area contributed by atoms with Gasteiger partial charge in [-0.25, -0.2) is 4.98 Å². The number of hydrazone groups is 1. The van der Waals surface area contributed by atoms with Crippen LogP contribution in [0.4, 0.5) is 10.8 Å². The number of thiazole rings is 1. The Bertz CT molecular complexity index is 792. The van der Waals surface area contributed by atoms with Crippen LogP contribution >= 0.6 is 34.5 Å². The molecular weight excluding hydrogens is 419 g/mol. The topological polar surface area (TPSA) is 66.8 Å². The van der Waals surface area contributed by atoms with Gasteiger partial charge in [-0.15, -0.1) is 34.5 Å². The number of anilines is 2. The molecule has 0 saturated carbocycles. The Balaban J connectivity index is 1.97. The van der Waals surface area contributed by atoms with Crippen LogP contribution in [0.3, 0.4) is 0 Å². The fourth-order valence-corrected chi connectivity index (χ4v) is 3.60. The summed E-state index contributed by atoms with van der Waals surface area (Å²) < 4.78 is 4.92. The van der Waals surface area contributed by atoms with Crippen LogP contribution in [0.15, 0.2) is 28.7 Å². The Labute approximate surface area is 179 Å². The molecule has 0 aliphatic carbocycles. The van der Waals surface area contributed by atoms with Gasteiger partial charge in [0.1, 0.15) is 0 Å². The second kappa shape index (κ2) is 11.9. The van der Waals surface area contributed by atoms with Gasteiger partial charge in [0, 0.05) is 35.9 Å². The molecule has 2 aromatic rings. The number of nitrogens with zero attached hydrogens (tertiary/aromatic N) is 3. The zero-order chi connectivity index (χ0) is 20.4. The highest BCUT2D eigenvalue weighted by molar-refractivity contribution is 7.13. The maximum absolute atomic E-state index is 11.5. The first-order valence-corrected chi connectivity index (χ1v) is 10.9. The van der Waals surface area contributed by atoms with E-state index < -0.39 is 0 Å². The van der Waals surface area contributed by atoms with Gasteiger partial charge in [0.15, 0.2) is 0 Å². The first-order valence-electron chi connectivity index (χ1n) is 8.94. The number of benzene rings is 1. The van der Waals surface area contributed by atoms with Crippen molar-refractivity contribution in [2.75, 3.05) is 41.8 Å². The third kappa shape index (κ3) is 6.96. The maximum atomic E-state index is 11.5. The van der Waals surface area contributed by atoms with Gasteiger partial charge in [-0.05, 0) is 37.1 Å². The molecule has 0 spiro atoms. The van der Waals surface area contributed by atoms with Crippen LogP contribution in [-0.4, -0.2) is 48.6 Å². The number of aromatic nitrogens is 1. The molecule has 0 bridgehead atoms. The van der Waals surface area contributed by atoms with Crippen molar-refractivity contribution < 1.29 is 9.53 Å². The van der Waals surface area contributed by atoms with Crippen molar-refractivity contribution in [1.29, 1.82) is 0 Å². The monoisotopic (exact) mass is 442 g/mol. The normalized spacial score (nSPS) is 11.0. The third-order valence-corrected chi connectivity index (χ3v) is 5.01. The third-order valence-electron chi connectivity index (χ3n) is 3.87. The van der Waals surface area contributed by atoms with Crippen LogP contribution in [0.1, 0.15) is 23.7 Å². The second-order valence-corrected chi connectivity index (χ2v) is 7.52. The number of nitrogens with one attached hydrogen (secondary N) is 1. The van der Waals surface area contributed by atoms with E-state index in [1.807, 2.05) is 24.4 Å². The molecule has 0 radical (unpaired) electrons. The number of aryl methyl sites for hydroxylation is 1. The molecule has 9 heteroatoms. The smallest absolute Gasteiger partial charge is 0.311 e. The first kappa shape index (κ1) is 22.5. The highest BCUT2D eigenvalue weighted by Crippen LogP contribution is 2.19. The highest BCUT2D eigenvalue weighted by Gasteiger charge is 2.09. The number of rotatable bonds is 11. The van der Waals surface area contributed by atoms with Crippen LogP contribution < -0.4 is 10.3 Å². The SMILES string of the molecule is CCOC(=O)Cc1csc(NN=Cc2ccc(N(CCCl)CCCl)cc2C)n1. The van der Waals surface area contributed by atoms with Gasteiger partial charge in [0.2, 0.25) is 5.13 Å². The molecule has 1 heterocycles. The van der Waals surface area contributed by atoms with E-state index in [4.69, 9.17) is 27.9 Å². The van der Waals surface area contributed by atoms with Crippen molar-refractivity contribution in [2.24, 2.45) is 5.10 Å². The van der Waals surface area contributed by atoms with Crippen LogP contribution in [0, 0.1) is 6.92 Å². The van der Waals surface area contributed by atoms with E-state index in [9.17, 15) is 4.79 Å². The Morgan fingerprint density at radius 2 is 2.11 bits per heavy atom. The standard InChI is InChI=1S/C19H24Cl2N4O2S/c1-3-27-18(26)11-16-13-28-19(23-16)24-22-12-15-4-5-17(10-14(15)2)25(8-6-20)9-7-21/h4-5,10,12-13H,3,6-9,11H2,1-2H3,(H,23,24). The molecule has 0 aliphatic rings. The predicted molar refractivity (Wildman–Crippen MR) is 118 cm³/mol. The van der Waals surface area contributed by atoms with E-state index in [2.05, 4.69) is 26.5 Å². The zero-order valence-corrected chi connectivity index (χ0v) is 18.3. The molecule has 2 rings (SSSR count). The molecule has 152 valence electrons. The van der Waals surface area contributed by atoms with Crippen LogP contribution in [0.2, 0.25) is 0 Å². The number of alkyl halides is 2. The number of carbonyl (C=O) groups is 1. The molecule has 0 aliphatic heterocycles. The minimum atomic E-state index is -0.282. The van der Waals surface area contributed by atoms with Gasteiger partial charge in [-0.1, -0.05) is 6.07 Å². The molecular formula is C19H24Cl2N4O2S. The number of halogens is 2. The molecule has 0 atom stereocenters. The summed E-state index contributed by atoms with van der Waals surface area (Å²) in [4.78, 5) is 18.0. The van der Waals surface area contributed by atoms with Crippen molar-refractivity contribution in [3.63, 3.8) is 0 Å². The Hall–Kier alpha value is -1.83. The lowest BCUT2D eigenvalue weighted by Crippen LogP contribution is -2.27. The van der Waals surface area contributed by atoms with E-state index in [-0.39, 0.29) is 12.4 Å². The Morgan fingerprint density at radius 1 is 1.36 bits per heavy atom. The van der Waals surface area contributed by atoms with Crippen molar-refractivity contribution in [3.8, 4) is 0 Å². The predicted octanol–water partition coefficient (Wildman–Crippen LogP) is 4.29. The minimum Gasteiger partial charge on any atom is -0.466 e. The number of ether oxygens (including phenoxy) is 1. The molecule has 0 amide bonds. The largest absolute Gasteiger partial charge is 0.466 e. The molecule has 1 N–H and O–H groups in total. The lowest BCUT2D eigenvalue weighted by Gasteiger charge is -2.23. The summed E-state index contributed by atoms with van der Waals surface area (Å²) in [6, 6.07) is 6.15. The fraction of sp³-hybridized carbons (Fsp3) is 0.421. The average molecular weight is 443 g/mol. The van der Waals surface area contributed by atoms with Crippen LogP contribution in [0.25, 0.3) is 0 Å². The van der Waals surface area contributed by atoms with Crippen molar-refractivity contribution in [1.82, 2.24) is 4.98 Å². The molecule has 0 fully saturated rings. The number of carbonyl (C=O) groups excluding carboxylic acids is 1. The summed E-state index contributed by atoms with van der Waals surface area (Å²) in [5.41, 5.74) is 6.75. The molecule has 1 aromatic carbocycles. The minimum absolute atomic E-state index is 0.164. The average Bonchev–Trinajstić information content (AvgIpc) is 3.10. The van der Waals surface area contributed by atoms with E-state index in [0.29, 0.717) is 29.2 Å². The summed E-state index contributed by atoms with van der Waals surface area (Å²) in [6.45, 7) is 5.68. The lowest BCUT2D eigenvalue weighted by atomic mass is 10.1. The lowest BCUT2D eigenvalue weighted by molar-refractivity contribution is -0.142. The number of hydrogen-bond donors (Lipinski definition) is 1. The Morgan fingerprint density at radius 3 is 2.75 bits per heavy atom. The molecule has 28 heavy (non-hydrogen) atoms. The first-order chi connectivity index (χ1) is 13.6. The highest BCUT2D eigenvalue weighted by atomic mass is 35.5. The maximum Gasteiger partial charge on any atom is 0.311 e.